The van der Waals surface area contributed by atoms with Gasteiger partial charge in [0.05, 0.1) is 6.54 Å². The summed E-state index contributed by atoms with van der Waals surface area (Å²) < 4.78 is 37.8. The Hall–Kier alpha value is -0.250. The van der Waals surface area contributed by atoms with Crippen LogP contribution < -0.4 is 5.32 Å². The summed E-state index contributed by atoms with van der Waals surface area (Å²) in [7, 11) is 1.77. The van der Waals surface area contributed by atoms with Crippen molar-refractivity contribution < 1.29 is 13.2 Å². The topological polar surface area (TPSA) is 30.9 Å². The molecule has 1 unspecified atom stereocenters. The van der Waals surface area contributed by atoms with Crippen molar-refractivity contribution in [1.82, 2.24) is 15.1 Å². The smallest absolute Gasteiger partial charge is 0.356 e. The van der Waals surface area contributed by atoms with Crippen LogP contribution in [0.2, 0.25) is 0 Å². The Kier molecular flexibility index (Phi) is 11.4. The van der Waals surface area contributed by atoms with Crippen molar-refractivity contribution in [3.05, 3.63) is 0 Å². The summed E-state index contributed by atoms with van der Waals surface area (Å²) >= 11 is 0. The van der Waals surface area contributed by atoms with Gasteiger partial charge in [0, 0.05) is 33.2 Å². The van der Waals surface area contributed by atoms with Gasteiger partial charge in [-0.3, -0.25) is 9.89 Å². The molecule has 1 saturated heterocycles. The first kappa shape index (κ1) is 25.8. The molecule has 8 heteroatoms. The van der Waals surface area contributed by atoms with Crippen LogP contribution in [-0.4, -0.2) is 68.3 Å². The Bertz CT molecular complexity index is 422. The number of guanidine groups is 1. The van der Waals surface area contributed by atoms with E-state index in [9.17, 15) is 13.2 Å². The van der Waals surface area contributed by atoms with E-state index in [-0.39, 0.29) is 29.9 Å². The fourth-order valence-electron chi connectivity index (χ4n) is 3.25. The molecule has 0 amide bonds. The van der Waals surface area contributed by atoms with Crippen LogP contribution in [-0.2, 0) is 0 Å². The minimum absolute atomic E-state index is 0. The van der Waals surface area contributed by atoms with E-state index >= 15 is 0 Å². The maximum atomic E-state index is 12.6. The predicted octanol–water partition coefficient (Wildman–Crippen LogP) is 4.21. The zero-order chi connectivity index (χ0) is 19.1. The SMILES string of the molecule is CCN(CC1CCN(C(=NC)NCCCC(C)(C)C)C1)CC(F)(F)F.I. The molecule has 0 bridgehead atoms. The summed E-state index contributed by atoms with van der Waals surface area (Å²) in [4.78, 5) is 8.00. The first-order chi connectivity index (χ1) is 11.5. The van der Waals surface area contributed by atoms with Crippen LogP contribution in [0.25, 0.3) is 0 Å². The lowest BCUT2D eigenvalue weighted by molar-refractivity contribution is -0.146. The van der Waals surface area contributed by atoms with Gasteiger partial charge in [-0.1, -0.05) is 27.7 Å². The number of aliphatic imine (C=N–C) groups is 1. The fraction of sp³-hybridized carbons (Fsp3) is 0.944. The minimum Gasteiger partial charge on any atom is -0.356 e. The molecule has 1 fully saturated rings. The molecule has 0 spiro atoms. The molecule has 26 heavy (non-hydrogen) atoms. The summed E-state index contributed by atoms with van der Waals surface area (Å²) in [5, 5.41) is 3.39. The number of nitrogens with zero attached hydrogens (tertiary/aromatic N) is 3. The highest BCUT2D eigenvalue weighted by atomic mass is 127. The minimum atomic E-state index is -4.13. The third-order valence-electron chi connectivity index (χ3n) is 4.55. The number of halogens is 4. The van der Waals surface area contributed by atoms with Gasteiger partial charge >= 0.3 is 6.18 Å². The molecule has 0 aromatic rings. The highest BCUT2D eigenvalue weighted by molar-refractivity contribution is 14.0. The van der Waals surface area contributed by atoms with Gasteiger partial charge in [0.25, 0.3) is 0 Å². The molecule has 156 valence electrons. The quantitative estimate of drug-likeness (QED) is 0.250. The van der Waals surface area contributed by atoms with Crippen molar-refractivity contribution in [3.8, 4) is 0 Å². The molecule has 1 aliphatic heterocycles. The van der Waals surface area contributed by atoms with E-state index in [0.29, 0.717) is 18.5 Å². The third kappa shape index (κ3) is 10.8. The summed E-state index contributed by atoms with van der Waals surface area (Å²) in [6, 6.07) is 0. The van der Waals surface area contributed by atoms with Gasteiger partial charge in [-0.15, -0.1) is 24.0 Å². The number of alkyl halides is 3. The van der Waals surface area contributed by atoms with E-state index in [1.165, 1.54) is 4.90 Å². The van der Waals surface area contributed by atoms with Crippen LogP contribution >= 0.6 is 24.0 Å². The van der Waals surface area contributed by atoms with Crippen molar-refractivity contribution >= 4 is 29.9 Å². The Morgan fingerprint density at radius 1 is 1.27 bits per heavy atom. The van der Waals surface area contributed by atoms with Crippen molar-refractivity contribution in [1.29, 1.82) is 0 Å². The predicted molar refractivity (Wildman–Crippen MR) is 113 cm³/mol. The molecule has 1 heterocycles. The molecule has 0 aromatic heterocycles. The molecular formula is C18H36F3IN4. The van der Waals surface area contributed by atoms with Gasteiger partial charge in [-0.25, -0.2) is 0 Å². The van der Waals surface area contributed by atoms with Gasteiger partial charge in [0.1, 0.15) is 0 Å². The van der Waals surface area contributed by atoms with Crippen molar-refractivity contribution in [3.63, 3.8) is 0 Å². The van der Waals surface area contributed by atoms with Gasteiger partial charge < -0.3 is 10.2 Å². The van der Waals surface area contributed by atoms with Gasteiger partial charge in [-0.05, 0) is 37.1 Å². The molecule has 0 saturated carbocycles. The monoisotopic (exact) mass is 492 g/mol. The van der Waals surface area contributed by atoms with E-state index in [2.05, 4.69) is 36.0 Å². The highest BCUT2D eigenvalue weighted by Crippen LogP contribution is 2.22. The first-order valence-electron chi connectivity index (χ1n) is 9.29. The van der Waals surface area contributed by atoms with E-state index < -0.39 is 12.7 Å². The zero-order valence-electron chi connectivity index (χ0n) is 16.8. The van der Waals surface area contributed by atoms with Crippen molar-refractivity contribution in [2.45, 2.75) is 53.1 Å². The Labute approximate surface area is 174 Å². The second-order valence-corrected chi connectivity index (χ2v) is 8.18. The maximum absolute atomic E-state index is 12.6. The highest BCUT2D eigenvalue weighted by Gasteiger charge is 2.32. The fourth-order valence-corrected chi connectivity index (χ4v) is 3.25. The maximum Gasteiger partial charge on any atom is 0.401 e. The van der Waals surface area contributed by atoms with E-state index in [4.69, 9.17) is 0 Å². The molecule has 0 aromatic carbocycles. The number of nitrogens with one attached hydrogen (secondary N) is 1. The largest absolute Gasteiger partial charge is 0.401 e. The molecule has 4 nitrogen and oxygen atoms in total. The van der Waals surface area contributed by atoms with Crippen LogP contribution in [0.15, 0.2) is 4.99 Å². The lowest BCUT2D eigenvalue weighted by Gasteiger charge is -2.26. The lowest BCUT2D eigenvalue weighted by atomic mass is 9.91. The Balaban J connectivity index is 0.00000625. The molecule has 1 N–H and O–H groups in total. The second kappa shape index (κ2) is 11.6. The van der Waals surface area contributed by atoms with E-state index in [1.54, 1.807) is 14.0 Å². The number of rotatable bonds is 7. The molecule has 1 rings (SSSR count). The summed E-state index contributed by atoms with van der Waals surface area (Å²) in [5.41, 5.74) is 0.325. The zero-order valence-corrected chi connectivity index (χ0v) is 19.2. The average molecular weight is 492 g/mol. The Morgan fingerprint density at radius 2 is 1.92 bits per heavy atom. The van der Waals surface area contributed by atoms with Gasteiger partial charge in [0.2, 0.25) is 0 Å². The van der Waals surface area contributed by atoms with Crippen LogP contribution in [0, 0.1) is 11.3 Å². The van der Waals surface area contributed by atoms with Gasteiger partial charge in [-0.2, -0.15) is 13.2 Å². The van der Waals surface area contributed by atoms with Crippen LogP contribution in [0.4, 0.5) is 13.2 Å². The average Bonchev–Trinajstić information content (AvgIpc) is 2.92. The molecule has 0 aliphatic carbocycles. The molecule has 1 aliphatic rings. The summed E-state index contributed by atoms with van der Waals surface area (Å²) in [5.74, 6) is 1.13. The second-order valence-electron chi connectivity index (χ2n) is 8.18. The molecule has 0 radical (unpaired) electrons. The first-order valence-corrected chi connectivity index (χ1v) is 9.29. The number of hydrogen-bond donors (Lipinski definition) is 1. The normalized spacial score (nSPS) is 19.0. The summed E-state index contributed by atoms with van der Waals surface area (Å²) in [6.07, 6.45) is -0.993. The van der Waals surface area contributed by atoms with Crippen LogP contribution in [0.5, 0.6) is 0 Å². The van der Waals surface area contributed by atoms with E-state index in [0.717, 1.165) is 44.9 Å². The standard InChI is InChI=1S/C18H35F3N4.HI/c1-6-24(14-18(19,20)21)12-15-8-11-25(13-15)16(22-5)23-10-7-9-17(2,3)4;/h15H,6-14H2,1-5H3,(H,22,23);1H. The van der Waals surface area contributed by atoms with Crippen molar-refractivity contribution in [2.24, 2.45) is 16.3 Å². The number of hydrogen-bond acceptors (Lipinski definition) is 2. The molecular weight excluding hydrogens is 456 g/mol. The third-order valence-corrected chi connectivity index (χ3v) is 4.55. The lowest BCUT2D eigenvalue weighted by Crippen LogP contribution is -2.42. The van der Waals surface area contributed by atoms with Crippen molar-refractivity contribution in [2.75, 3.05) is 46.3 Å². The summed E-state index contributed by atoms with van der Waals surface area (Å²) in [6.45, 7) is 11.1. The van der Waals surface area contributed by atoms with Crippen LogP contribution in [0.1, 0.15) is 47.0 Å². The molecule has 1 atom stereocenters. The van der Waals surface area contributed by atoms with Gasteiger partial charge in [0.15, 0.2) is 5.96 Å². The van der Waals surface area contributed by atoms with Crippen LogP contribution in [0.3, 0.4) is 0 Å². The Morgan fingerprint density at radius 3 is 2.42 bits per heavy atom. The number of likely N-dealkylation sites (tertiary alicyclic amines) is 1. The van der Waals surface area contributed by atoms with E-state index in [1.807, 2.05) is 0 Å².